The lowest BCUT2D eigenvalue weighted by molar-refractivity contribution is -0.114. The van der Waals surface area contributed by atoms with Crippen molar-refractivity contribution >= 4 is 28.3 Å². The molecule has 0 atom stereocenters. The van der Waals surface area contributed by atoms with Crippen LogP contribution in [-0.4, -0.2) is 16.3 Å². The second kappa shape index (κ2) is 6.20. The highest BCUT2D eigenvalue weighted by Crippen LogP contribution is 2.34. The molecule has 0 spiro atoms. The van der Waals surface area contributed by atoms with Gasteiger partial charge in [0.25, 0.3) is 0 Å². The minimum absolute atomic E-state index is 0.0898. The number of amides is 1. The van der Waals surface area contributed by atoms with Crippen LogP contribution in [0.5, 0.6) is 0 Å². The number of Topliss-reactive ketones (excluding diaryl/α,β-unsaturated/α-hetero) is 1. The summed E-state index contributed by atoms with van der Waals surface area (Å²) in [5.74, 6) is 0.127. The summed E-state index contributed by atoms with van der Waals surface area (Å²) in [6, 6.07) is 16.1. The van der Waals surface area contributed by atoms with Crippen LogP contribution in [0.25, 0.3) is 10.9 Å². The Morgan fingerprint density at radius 1 is 1.12 bits per heavy atom. The smallest absolute Gasteiger partial charge is 0.221 e. The Balaban J connectivity index is 1.90. The largest absolute Gasteiger partial charge is 0.333 e. The van der Waals surface area contributed by atoms with Gasteiger partial charge in [-0.25, -0.2) is 0 Å². The quantitative estimate of drug-likeness (QED) is 0.783. The van der Waals surface area contributed by atoms with Crippen molar-refractivity contribution < 1.29 is 9.59 Å². The molecule has 0 fully saturated rings. The average molecular weight is 332 g/mol. The van der Waals surface area contributed by atoms with Gasteiger partial charge in [-0.3, -0.25) is 9.59 Å². The standard InChI is InChI=1S/C21H20N2O2/c1-14(24)22-16-10-11-19-18(12-16)17-8-5-9-20(25)21(17)23(19)13-15-6-3-2-4-7-15/h2-4,6-7,10-12H,5,8-9,13H2,1H3,(H,22,24). The van der Waals surface area contributed by atoms with Gasteiger partial charge in [0, 0.05) is 36.5 Å². The van der Waals surface area contributed by atoms with Crippen LogP contribution in [0.1, 0.15) is 41.4 Å². The molecule has 2 aromatic carbocycles. The Hall–Kier alpha value is -2.88. The Morgan fingerprint density at radius 2 is 1.92 bits per heavy atom. The van der Waals surface area contributed by atoms with Gasteiger partial charge in [-0.15, -0.1) is 0 Å². The van der Waals surface area contributed by atoms with Gasteiger partial charge >= 0.3 is 0 Å². The van der Waals surface area contributed by atoms with E-state index in [2.05, 4.69) is 22.0 Å². The summed E-state index contributed by atoms with van der Waals surface area (Å²) < 4.78 is 2.14. The van der Waals surface area contributed by atoms with Gasteiger partial charge in [0.2, 0.25) is 5.91 Å². The van der Waals surface area contributed by atoms with Crippen LogP contribution in [0.3, 0.4) is 0 Å². The molecular formula is C21H20N2O2. The summed E-state index contributed by atoms with van der Waals surface area (Å²) in [6.45, 7) is 2.18. The summed E-state index contributed by atoms with van der Waals surface area (Å²) in [7, 11) is 0. The number of anilines is 1. The van der Waals surface area contributed by atoms with E-state index in [1.54, 1.807) is 0 Å². The first-order valence-electron chi connectivity index (χ1n) is 8.63. The second-order valence-electron chi connectivity index (χ2n) is 6.59. The second-order valence-corrected chi connectivity index (χ2v) is 6.59. The van der Waals surface area contributed by atoms with Crippen molar-refractivity contribution in [2.24, 2.45) is 0 Å². The molecule has 3 aromatic rings. The van der Waals surface area contributed by atoms with Crippen molar-refractivity contribution in [1.82, 2.24) is 4.57 Å². The van der Waals surface area contributed by atoms with Gasteiger partial charge in [0.1, 0.15) is 0 Å². The molecule has 1 heterocycles. The van der Waals surface area contributed by atoms with Crippen LogP contribution in [0, 0.1) is 0 Å². The lowest BCUT2D eigenvalue weighted by Gasteiger charge is -2.15. The number of benzene rings is 2. The van der Waals surface area contributed by atoms with Crippen molar-refractivity contribution in [3.05, 3.63) is 65.4 Å². The lowest BCUT2D eigenvalue weighted by atomic mass is 9.94. The minimum Gasteiger partial charge on any atom is -0.333 e. The first-order valence-corrected chi connectivity index (χ1v) is 8.63. The number of rotatable bonds is 3. The highest BCUT2D eigenvalue weighted by atomic mass is 16.1. The molecule has 4 heteroatoms. The molecule has 1 aliphatic rings. The average Bonchev–Trinajstić information content (AvgIpc) is 2.90. The number of aromatic nitrogens is 1. The number of nitrogens with zero attached hydrogens (tertiary/aromatic N) is 1. The fourth-order valence-corrected chi connectivity index (χ4v) is 3.75. The molecule has 25 heavy (non-hydrogen) atoms. The van der Waals surface area contributed by atoms with Crippen LogP contribution in [0.4, 0.5) is 5.69 Å². The number of carbonyl (C=O) groups is 2. The predicted molar refractivity (Wildman–Crippen MR) is 99.1 cm³/mol. The first kappa shape index (κ1) is 15.6. The predicted octanol–water partition coefficient (Wildman–Crippen LogP) is 4.17. The number of aryl methyl sites for hydroxylation is 1. The van der Waals surface area contributed by atoms with Gasteiger partial charge in [-0.05, 0) is 42.2 Å². The summed E-state index contributed by atoms with van der Waals surface area (Å²) in [4.78, 5) is 24.0. The molecule has 1 aliphatic carbocycles. The van der Waals surface area contributed by atoms with Crippen LogP contribution >= 0.6 is 0 Å². The summed E-state index contributed by atoms with van der Waals surface area (Å²) in [6.07, 6.45) is 2.40. The molecule has 4 rings (SSSR count). The molecular weight excluding hydrogens is 312 g/mol. The normalized spacial score (nSPS) is 13.7. The Kier molecular flexibility index (Phi) is 3.88. The molecule has 0 unspecified atom stereocenters. The summed E-state index contributed by atoms with van der Waals surface area (Å²) in [5, 5.41) is 3.92. The van der Waals surface area contributed by atoms with Crippen LogP contribution in [0.15, 0.2) is 48.5 Å². The zero-order valence-electron chi connectivity index (χ0n) is 14.2. The minimum atomic E-state index is -0.0898. The molecule has 0 radical (unpaired) electrons. The lowest BCUT2D eigenvalue weighted by Crippen LogP contribution is -2.15. The van der Waals surface area contributed by atoms with E-state index in [0.717, 1.165) is 40.7 Å². The van der Waals surface area contributed by atoms with Crippen LogP contribution < -0.4 is 5.32 Å². The highest BCUT2D eigenvalue weighted by Gasteiger charge is 2.26. The van der Waals surface area contributed by atoms with E-state index in [0.29, 0.717) is 13.0 Å². The van der Waals surface area contributed by atoms with Gasteiger partial charge in [-0.1, -0.05) is 30.3 Å². The maximum Gasteiger partial charge on any atom is 0.221 e. The van der Waals surface area contributed by atoms with Crippen molar-refractivity contribution in [2.75, 3.05) is 5.32 Å². The van der Waals surface area contributed by atoms with E-state index in [1.165, 1.54) is 12.5 Å². The van der Waals surface area contributed by atoms with Gasteiger partial charge in [0.05, 0.1) is 5.69 Å². The molecule has 0 aliphatic heterocycles. The van der Waals surface area contributed by atoms with Gasteiger partial charge < -0.3 is 9.88 Å². The summed E-state index contributed by atoms with van der Waals surface area (Å²) >= 11 is 0. The monoisotopic (exact) mass is 332 g/mol. The van der Waals surface area contributed by atoms with E-state index < -0.39 is 0 Å². The third-order valence-electron chi connectivity index (χ3n) is 4.77. The molecule has 1 aromatic heterocycles. The van der Waals surface area contributed by atoms with Crippen molar-refractivity contribution in [1.29, 1.82) is 0 Å². The number of hydrogen-bond acceptors (Lipinski definition) is 2. The Bertz CT molecular complexity index is 970. The van der Waals surface area contributed by atoms with E-state index in [4.69, 9.17) is 0 Å². The topological polar surface area (TPSA) is 51.1 Å². The fourth-order valence-electron chi connectivity index (χ4n) is 3.75. The molecule has 4 nitrogen and oxygen atoms in total. The third-order valence-corrected chi connectivity index (χ3v) is 4.77. The number of ketones is 1. The summed E-state index contributed by atoms with van der Waals surface area (Å²) in [5.41, 5.74) is 4.96. The van der Waals surface area contributed by atoms with E-state index in [1.807, 2.05) is 36.4 Å². The van der Waals surface area contributed by atoms with Crippen molar-refractivity contribution in [3.8, 4) is 0 Å². The van der Waals surface area contributed by atoms with Gasteiger partial charge in [0.15, 0.2) is 5.78 Å². The SMILES string of the molecule is CC(=O)Nc1ccc2c(c1)c1c(n2Cc2ccccc2)C(=O)CCC1. The maximum atomic E-state index is 12.6. The first-order chi connectivity index (χ1) is 12.1. The van der Waals surface area contributed by atoms with Crippen molar-refractivity contribution in [2.45, 2.75) is 32.7 Å². The fraction of sp³-hybridized carbons (Fsp3) is 0.238. The number of carbonyl (C=O) groups excluding carboxylic acids is 2. The van der Waals surface area contributed by atoms with Crippen LogP contribution in [0.2, 0.25) is 0 Å². The molecule has 126 valence electrons. The number of nitrogens with one attached hydrogen (secondary N) is 1. The van der Waals surface area contributed by atoms with E-state index in [-0.39, 0.29) is 11.7 Å². The Morgan fingerprint density at radius 3 is 2.68 bits per heavy atom. The van der Waals surface area contributed by atoms with Crippen molar-refractivity contribution in [3.63, 3.8) is 0 Å². The highest BCUT2D eigenvalue weighted by molar-refractivity contribution is 6.05. The molecule has 0 saturated carbocycles. The molecule has 0 saturated heterocycles. The van der Waals surface area contributed by atoms with E-state index in [9.17, 15) is 9.59 Å². The zero-order chi connectivity index (χ0) is 17.4. The third kappa shape index (κ3) is 2.84. The molecule has 1 amide bonds. The molecule has 1 N–H and O–H groups in total. The van der Waals surface area contributed by atoms with Crippen LogP contribution in [-0.2, 0) is 17.8 Å². The number of fused-ring (bicyclic) bond motifs is 3. The zero-order valence-corrected chi connectivity index (χ0v) is 14.2. The van der Waals surface area contributed by atoms with E-state index >= 15 is 0 Å². The number of hydrogen-bond donors (Lipinski definition) is 1. The molecule has 0 bridgehead atoms. The van der Waals surface area contributed by atoms with Gasteiger partial charge in [-0.2, -0.15) is 0 Å². The maximum absolute atomic E-state index is 12.6. The Labute approximate surface area is 146 Å².